The zero-order valence-electron chi connectivity index (χ0n) is 24.0. The number of unbranched alkanes of at least 4 members (excludes halogenated alkanes) is 1. The highest BCUT2D eigenvalue weighted by atomic mass is 16.4. The van der Waals surface area contributed by atoms with Gasteiger partial charge in [0.05, 0.1) is 12.2 Å². The van der Waals surface area contributed by atoms with E-state index in [1.54, 1.807) is 0 Å². The molecule has 4 rings (SSSR count). The molecule has 11 nitrogen and oxygen atoms in total. The zero-order chi connectivity index (χ0) is 29.7. The summed E-state index contributed by atoms with van der Waals surface area (Å²) in [6.45, 7) is 3.93. The monoisotopic (exact) mass is 572 g/mol. The van der Waals surface area contributed by atoms with Crippen molar-refractivity contribution in [2.24, 2.45) is 0 Å². The molecule has 2 aromatic heterocycles. The number of carboxylic acid groups (broad SMARTS) is 2. The number of aliphatic carboxylic acids is 2. The average Bonchev–Trinajstić information content (AvgIpc) is 3.59. The summed E-state index contributed by atoms with van der Waals surface area (Å²) in [5.41, 5.74) is 4.03. The Labute approximate surface area is 239 Å². The van der Waals surface area contributed by atoms with Crippen molar-refractivity contribution in [3.63, 3.8) is 0 Å². The lowest BCUT2D eigenvalue weighted by Gasteiger charge is -2.17. The molecular weight excluding hydrogens is 528 g/mol. The number of fused-ring (bicyclic) bond motifs is 2. The second-order valence-electron chi connectivity index (χ2n) is 9.62. The van der Waals surface area contributed by atoms with Crippen LogP contribution in [0.1, 0.15) is 62.9 Å². The minimum absolute atomic E-state index is 0. The molecule has 0 bridgehead atoms. The van der Waals surface area contributed by atoms with Crippen LogP contribution in [0.5, 0.6) is 0 Å². The van der Waals surface area contributed by atoms with Crippen molar-refractivity contribution in [1.29, 1.82) is 0 Å². The normalized spacial score (nSPS) is 13.5. The van der Waals surface area contributed by atoms with E-state index in [0.29, 0.717) is 12.8 Å². The number of para-hydroxylation sites is 2. The van der Waals surface area contributed by atoms with E-state index < -0.39 is 24.1 Å². The van der Waals surface area contributed by atoms with Gasteiger partial charge in [-0.2, -0.15) is 0 Å². The number of H-pyrrole nitrogens is 2. The summed E-state index contributed by atoms with van der Waals surface area (Å²) in [6, 6.07) is 16.1. The average molecular weight is 573 g/mol. The minimum atomic E-state index is -0.870. The third-order valence-corrected chi connectivity index (χ3v) is 6.77. The van der Waals surface area contributed by atoms with Crippen LogP contribution in [0.4, 0.5) is 0 Å². The predicted octanol–water partition coefficient (Wildman–Crippen LogP) is 3.51. The molecule has 4 atom stereocenters. The Kier molecular flexibility index (Phi) is 15.4. The number of carboxylic acids is 2. The van der Waals surface area contributed by atoms with Crippen molar-refractivity contribution in [2.75, 3.05) is 14.1 Å². The van der Waals surface area contributed by atoms with Gasteiger partial charge in [0.2, 0.25) is 0 Å². The van der Waals surface area contributed by atoms with E-state index in [1.807, 2.05) is 88.9 Å². The number of nitrogens with one attached hydrogen (secondary N) is 4. The highest BCUT2D eigenvalue weighted by Crippen LogP contribution is 2.26. The predicted molar refractivity (Wildman–Crippen MR) is 161 cm³/mol. The molecule has 0 saturated carbocycles. The summed E-state index contributed by atoms with van der Waals surface area (Å²) < 4.78 is 0. The number of aliphatic hydroxyl groups excluding tert-OH is 2. The van der Waals surface area contributed by atoms with Gasteiger partial charge in [0.15, 0.2) is 0 Å². The van der Waals surface area contributed by atoms with Crippen molar-refractivity contribution in [2.45, 2.75) is 63.8 Å². The topological polar surface area (TPSA) is 202 Å². The molecule has 2 heterocycles. The molecule has 4 aromatic rings. The Hall–Kier alpha value is -3.74. The van der Waals surface area contributed by atoms with E-state index in [2.05, 4.69) is 20.6 Å². The third kappa shape index (κ3) is 10.6. The van der Waals surface area contributed by atoms with E-state index in [-0.39, 0.29) is 30.4 Å². The second kappa shape index (κ2) is 17.8. The van der Waals surface area contributed by atoms with Gasteiger partial charge in [0.1, 0.15) is 0 Å². The van der Waals surface area contributed by atoms with Crippen molar-refractivity contribution in [1.82, 2.24) is 20.6 Å². The largest absolute Gasteiger partial charge is 0.481 e. The summed E-state index contributed by atoms with van der Waals surface area (Å²) in [7, 11) is 3.70. The first-order valence-corrected chi connectivity index (χ1v) is 13.4. The number of likely N-dealkylation sites (N-methyl/N-ethyl adjacent to an activating group) is 2. The molecular formula is C30H44N4O7. The Morgan fingerprint density at radius 3 is 1.37 bits per heavy atom. The van der Waals surface area contributed by atoms with Crippen LogP contribution in [-0.4, -0.2) is 74.0 Å². The molecule has 2 aromatic carbocycles. The van der Waals surface area contributed by atoms with Gasteiger partial charge in [-0.15, -0.1) is 0 Å². The van der Waals surface area contributed by atoms with Gasteiger partial charge in [0, 0.05) is 70.3 Å². The zero-order valence-corrected chi connectivity index (χ0v) is 24.0. The molecule has 0 amide bonds. The molecule has 0 radical (unpaired) electrons. The first-order valence-electron chi connectivity index (χ1n) is 13.4. The Morgan fingerprint density at radius 2 is 1.05 bits per heavy atom. The summed E-state index contributed by atoms with van der Waals surface area (Å²) in [5, 5.41) is 44.7. The fourth-order valence-corrected chi connectivity index (χ4v) is 4.08. The smallest absolute Gasteiger partial charge is 0.303 e. The minimum Gasteiger partial charge on any atom is -0.481 e. The van der Waals surface area contributed by atoms with Gasteiger partial charge in [0.25, 0.3) is 0 Å². The van der Waals surface area contributed by atoms with Crippen LogP contribution in [-0.2, 0) is 9.59 Å². The third-order valence-electron chi connectivity index (χ3n) is 6.77. The van der Waals surface area contributed by atoms with Crippen LogP contribution in [0.2, 0.25) is 0 Å². The van der Waals surface area contributed by atoms with Crippen LogP contribution in [0.3, 0.4) is 0 Å². The molecule has 0 aliphatic heterocycles. The van der Waals surface area contributed by atoms with E-state index >= 15 is 0 Å². The van der Waals surface area contributed by atoms with Gasteiger partial charge in [-0.25, -0.2) is 0 Å². The second-order valence-corrected chi connectivity index (χ2v) is 9.62. The van der Waals surface area contributed by atoms with Crippen LogP contribution in [0.15, 0.2) is 60.9 Å². The number of benzene rings is 2. The van der Waals surface area contributed by atoms with Gasteiger partial charge >= 0.3 is 11.9 Å². The summed E-state index contributed by atoms with van der Waals surface area (Å²) in [5.74, 6) is -1.74. The maximum atomic E-state index is 10.1. The standard InChI is InChI=1S/2C12H16N2O.C6H10O4.H2O/c2*1-8(13-2)12(15)10-7-14-11-6-4-3-5-9(10)11;7-5(8)3-1-2-4-6(9)10;/h2*3-8,12-15H,1-2H3;1-4H2,(H,7,8)(H,9,10);1H2/t2*8-,12?;;/m11../s1. The fourth-order valence-electron chi connectivity index (χ4n) is 4.08. The number of hydrogen-bond donors (Lipinski definition) is 8. The molecule has 0 saturated heterocycles. The number of aromatic nitrogens is 2. The molecule has 0 fully saturated rings. The lowest BCUT2D eigenvalue weighted by Crippen LogP contribution is -2.28. The first-order chi connectivity index (χ1) is 19.1. The van der Waals surface area contributed by atoms with E-state index in [4.69, 9.17) is 10.2 Å². The van der Waals surface area contributed by atoms with Crippen molar-refractivity contribution in [3.8, 4) is 0 Å². The van der Waals surface area contributed by atoms with Gasteiger partial charge in [-0.05, 0) is 52.9 Å². The van der Waals surface area contributed by atoms with E-state index in [9.17, 15) is 19.8 Å². The molecule has 226 valence electrons. The van der Waals surface area contributed by atoms with Gasteiger partial charge in [-0.3, -0.25) is 9.59 Å². The lowest BCUT2D eigenvalue weighted by atomic mass is 10.0. The number of carbonyl (C=O) groups is 2. The molecule has 11 heteroatoms. The van der Waals surface area contributed by atoms with Crippen LogP contribution < -0.4 is 10.6 Å². The maximum absolute atomic E-state index is 10.1. The van der Waals surface area contributed by atoms with Crippen LogP contribution in [0, 0.1) is 0 Å². The summed E-state index contributed by atoms with van der Waals surface area (Å²) in [4.78, 5) is 26.1. The maximum Gasteiger partial charge on any atom is 0.303 e. The number of aromatic amines is 2. The molecule has 41 heavy (non-hydrogen) atoms. The van der Waals surface area contributed by atoms with Crippen molar-refractivity contribution >= 4 is 33.7 Å². The highest BCUT2D eigenvalue weighted by molar-refractivity contribution is 5.84. The van der Waals surface area contributed by atoms with Crippen LogP contribution >= 0.6 is 0 Å². The number of rotatable bonds is 11. The van der Waals surface area contributed by atoms with E-state index in [1.165, 1.54) is 0 Å². The Balaban J connectivity index is 0.000000312. The highest BCUT2D eigenvalue weighted by Gasteiger charge is 2.18. The molecule has 2 unspecified atom stereocenters. The summed E-state index contributed by atoms with van der Waals surface area (Å²) in [6.07, 6.45) is 3.81. The SMILES string of the molecule is CN[C@H](C)C(O)c1c[nH]c2ccccc12.CN[C@H](C)C(O)c1c[nH]c2ccccc12.O.O=C(O)CCCCC(=O)O. The van der Waals surface area contributed by atoms with Gasteiger partial charge in [-0.1, -0.05) is 36.4 Å². The molecule has 0 spiro atoms. The Morgan fingerprint density at radius 1 is 0.707 bits per heavy atom. The molecule has 0 aliphatic carbocycles. The quantitative estimate of drug-likeness (QED) is 0.125. The molecule has 0 aliphatic rings. The number of aliphatic hydroxyl groups is 2. The summed E-state index contributed by atoms with van der Waals surface area (Å²) >= 11 is 0. The first kappa shape index (κ1) is 35.3. The van der Waals surface area contributed by atoms with Crippen molar-refractivity contribution in [3.05, 3.63) is 72.1 Å². The number of hydrogen-bond acceptors (Lipinski definition) is 6. The Bertz CT molecular complexity index is 1230. The van der Waals surface area contributed by atoms with Gasteiger partial charge < -0.3 is 46.5 Å². The van der Waals surface area contributed by atoms with Crippen molar-refractivity contribution < 1.29 is 35.5 Å². The van der Waals surface area contributed by atoms with Crippen LogP contribution in [0.25, 0.3) is 21.8 Å². The molecule has 10 N–H and O–H groups in total. The lowest BCUT2D eigenvalue weighted by molar-refractivity contribution is -0.139. The fraction of sp³-hybridized carbons (Fsp3) is 0.400. The van der Waals surface area contributed by atoms with E-state index in [0.717, 1.165) is 32.9 Å².